The molecule has 0 amide bonds. The van der Waals surface area contributed by atoms with Crippen LogP contribution in [0.4, 0.5) is 0 Å². The quantitative estimate of drug-likeness (QED) is 0.611. The summed E-state index contributed by atoms with van der Waals surface area (Å²) in [7, 11) is -1.97. The molecule has 0 radical (unpaired) electrons. The summed E-state index contributed by atoms with van der Waals surface area (Å²) in [4.78, 5) is 2.12. The third-order valence-corrected chi connectivity index (χ3v) is 2.30. The Balaban J connectivity index is 4.00. The van der Waals surface area contributed by atoms with Crippen LogP contribution in [0.25, 0.3) is 0 Å². The van der Waals surface area contributed by atoms with Crippen LogP contribution in [0.1, 0.15) is 13.8 Å². The Morgan fingerprint density at radius 2 is 1.73 bits per heavy atom. The summed E-state index contributed by atoms with van der Waals surface area (Å²) in [5, 5.41) is 0. The minimum Gasteiger partial charge on any atom is -0.378 e. The lowest BCUT2D eigenvalue weighted by atomic mass is 10.5. The van der Waals surface area contributed by atoms with Crippen molar-refractivity contribution in [3.05, 3.63) is 12.0 Å². The molecule has 0 aromatic rings. The summed E-state index contributed by atoms with van der Waals surface area (Å²) in [6.07, 6.45) is 1.93. The number of hydrogen-bond acceptors (Lipinski definition) is 2. The highest BCUT2D eigenvalue weighted by Crippen LogP contribution is 2.37. The van der Waals surface area contributed by atoms with E-state index < -0.39 is 7.14 Å². The van der Waals surface area contributed by atoms with Gasteiger partial charge in [-0.25, -0.2) is 0 Å². The van der Waals surface area contributed by atoms with Crippen molar-refractivity contribution in [2.24, 2.45) is 0 Å². The largest absolute Gasteiger partial charge is 0.378 e. The Labute approximate surface area is 69.7 Å². The van der Waals surface area contributed by atoms with Crippen molar-refractivity contribution in [2.45, 2.75) is 13.8 Å². The Kier molecular flexibility index (Phi) is 4.51. The normalized spacial score (nSPS) is 12.4. The molecule has 0 rings (SSSR count). The molecule has 66 valence electrons. The Hall–Kier alpha value is -0.230. The first-order chi connectivity index (χ1) is 4.99. The highest BCUT2D eigenvalue weighted by atomic mass is 31.2. The first-order valence-corrected chi connectivity index (χ1v) is 6.64. The molecular weight excluding hydrogens is 157 g/mol. The minimum atomic E-state index is -1.97. The molecule has 0 saturated carbocycles. The van der Waals surface area contributed by atoms with Gasteiger partial charge in [-0.1, -0.05) is 0 Å². The molecule has 0 atom stereocenters. The number of nitrogens with zero attached hydrogens (tertiary/aromatic N) is 1. The SMILES string of the molecule is CCN(/C=C/P(C)(C)=O)CC. The van der Waals surface area contributed by atoms with Crippen LogP contribution in [-0.4, -0.2) is 31.3 Å². The van der Waals surface area contributed by atoms with E-state index in [0.29, 0.717) is 0 Å². The van der Waals surface area contributed by atoms with Crippen LogP contribution in [0.2, 0.25) is 0 Å². The van der Waals surface area contributed by atoms with Crippen LogP contribution < -0.4 is 0 Å². The highest BCUT2D eigenvalue weighted by molar-refractivity contribution is 7.65. The summed E-state index contributed by atoms with van der Waals surface area (Å²) in [6, 6.07) is 0. The van der Waals surface area contributed by atoms with Gasteiger partial charge in [-0.3, -0.25) is 0 Å². The van der Waals surface area contributed by atoms with E-state index in [1.807, 2.05) is 6.20 Å². The fraction of sp³-hybridized carbons (Fsp3) is 0.750. The standard InChI is InChI=1S/C8H18NOP/c1-5-9(6-2)7-8-11(3,4)10/h7-8H,5-6H2,1-4H3/b8-7+. The highest BCUT2D eigenvalue weighted by Gasteiger charge is 1.99. The van der Waals surface area contributed by atoms with Crippen LogP contribution >= 0.6 is 7.14 Å². The zero-order valence-corrected chi connectivity index (χ0v) is 8.77. The van der Waals surface area contributed by atoms with E-state index >= 15 is 0 Å². The first-order valence-electron chi connectivity index (χ1n) is 3.97. The van der Waals surface area contributed by atoms with Gasteiger partial charge >= 0.3 is 0 Å². The molecule has 0 heterocycles. The molecule has 0 aliphatic rings. The van der Waals surface area contributed by atoms with Crippen molar-refractivity contribution in [1.82, 2.24) is 4.90 Å². The predicted molar refractivity (Wildman–Crippen MR) is 51.5 cm³/mol. The zero-order valence-electron chi connectivity index (χ0n) is 7.87. The molecule has 0 fully saturated rings. The molecule has 0 bridgehead atoms. The lowest BCUT2D eigenvalue weighted by molar-refractivity contribution is 0.419. The van der Waals surface area contributed by atoms with Crippen LogP contribution in [0.15, 0.2) is 12.0 Å². The molecule has 2 nitrogen and oxygen atoms in total. The van der Waals surface area contributed by atoms with Gasteiger partial charge < -0.3 is 9.46 Å². The van der Waals surface area contributed by atoms with Gasteiger partial charge in [-0.2, -0.15) is 0 Å². The van der Waals surface area contributed by atoms with Gasteiger partial charge in [0.25, 0.3) is 0 Å². The monoisotopic (exact) mass is 175 g/mol. The van der Waals surface area contributed by atoms with Crippen molar-refractivity contribution in [3.63, 3.8) is 0 Å². The van der Waals surface area contributed by atoms with Crippen LogP contribution in [0, 0.1) is 0 Å². The number of rotatable bonds is 4. The zero-order chi connectivity index (χ0) is 8.91. The molecule has 3 heteroatoms. The van der Waals surface area contributed by atoms with E-state index in [-0.39, 0.29) is 0 Å². The van der Waals surface area contributed by atoms with Gasteiger partial charge in [0.1, 0.15) is 7.14 Å². The van der Waals surface area contributed by atoms with E-state index in [9.17, 15) is 4.57 Å². The molecule has 0 spiro atoms. The maximum absolute atomic E-state index is 11.2. The molecule has 0 aromatic carbocycles. The van der Waals surface area contributed by atoms with E-state index in [1.54, 1.807) is 19.1 Å². The molecule has 0 aromatic heterocycles. The van der Waals surface area contributed by atoms with E-state index in [4.69, 9.17) is 0 Å². The molecule has 0 saturated heterocycles. The molecule has 0 aliphatic carbocycles. The third kappa shape index (κ3) is 6.18. The van der Waals surface area contributed by atoms with Crippen molar-refractivity contribution in [2.75, 3.05) is 26.4 Å². The Bertz CT molecular complexity index is 167. The molecule has 0 aliphatic heterocycles. The topological polar surface area (TPSA) is 20.3 Å². The van der Waals surface area contributed by atoms with Crippen LogP contribution in [0.5, 0.6) is 0 Å². The second-order valence-corrected chi connectivity index (χ2v) is 6.12. The van der Waals surface area contributed by atoms with Gasteiger partial charge in [0, 0.05) is 19.3 Å². The smallest absolute Gasteiger partial charge is 0.104 e. The second-order valence-electron chi connectivity index (χ2n) is 2.95. The second kappa shape index (κ2) is 4.61. The lowest BCUT2D eigenvalue weighted by Gasteiger charge is -2.14. The van der Waals surface area contributed by atoms with Gasteiger partial charge in [0.05, 0.1) is 0 Å². The molecule has 0 unspecified atom stereocenters. The summed E-state index contributed by atoms with van der Waals surface area (Å²) < 4.78 is 11.2. The third-order valence-electron chi connectivity index (χ3n) is 1.45. The minimum absolute atomic E-state index is 0.979. The van der Waals surface area contributed by atoms with Crippen LogP contribution in [0.3, 0.4) is 0 Å². The van der Waals surface area contributed by atoms with Crippen LogP contribution in [-0.2, 0) is 4.57 Å². The molecule has 11 heavy (non-hydrogen) atoms. The van der Waals surface area contributed by atoms with Crippen molar-refractivity contribution in [3.8, 4) is 0 Å². The average Bonchev–Trinajstić information content (AvgIpc) is 1.88. The number of hydrogen-bond donors (Lipinski definition) is 0. The van der Waals surface area contributed by atoms with E-state index in [2.05, 4.69) is 18.7 Å². The lowest BCUT2D eigenvalue weighted by Crippen LogP contribution is -2.14. The maximum Gasteiger partial charge on any atom is 0.104 e. The van der Waals surface area contributed by atoms with Gasteiger partial charge in [-0.05, 0) is 33.0 Å². The van der Waals surface area contributed by atoms with Gasteiger partial charge in [-0.15, -0.1) is 0 Å². The average molecular weight is 175 g/mol. The molecule has 0 N–H and O–H groups in total. The summed E-state index contributed by atoms with van der Waals surface area (Å²) in [5.41, 5.74) is 0. The first kappa shape index (κ1) is 10.8. The van der Waals surface area contributed by atoms with Gasteiger partial charge in [0.15, 0.2) is 0 Å². The van der Waals surface area contributed by atoms with E-state index in [0.717, 1.165) is 13.1 Å². The summed E-state index contributed by atoms with van der Waals surface area (Å²) >= 11 is 0. The summed E-state index contributed by atoms with van der Waals surface area (Å²) in [6.45, 7) is 9.67. The summed E-state index contributed by atoms with van der Waals surface area (Å²) in [5.74, 6) is 1.81. The van der Waals surface area contributed by atoms with Crippen molar-refractivity contribution < 1.29 is 4.57 Å². The molecular formula is C8H18NOP. The fourth-order valence-corrected chi connectivity index (χ4v) is 1.20. The fourth-order valence-electron chi connectivity index (χ4n) is 0.689. The Morgan fingerprint density at radius 3 is 2.00 bits per heavy atom. The predicted octanol–water partition coefficient (Wildman–Crippen LogP) is 2.42. The van der Waals surface area contributed by atoms with Crippen molar-refractivity contribution in [1.29, 1.82) is 0 Å². The Morgan fingerprint density at radius 1 is 1.27 bits per heavy atom. The maximum atomic E-state index is 11.2. The van der Waals surface area contributed by atoms with E-state index in [1.165, 1.54) is 0 Å². The van der Waals surface area contributed by atoms with Crippen molar-refractivity contribution >= 4 is 7.14 Å². The van der Waals surface area contributed by atoms with Gasteiger partial charge in [0.2, 0.25) is 0 Å².